The molecule has 0 spiro atoms. The summed E-state index contributed by atoms with van der Waals surface area (Å²) in [6.45, 7) is 0. The summed E-state index contributed by atoms with van der Waals surface area (Å²) in [7, 11) is -3.18. The lowest BCUT2D eigenvalue weighted by atomic mass is 10.2. The van der Waals surface area contributed by atoms with Crippen molar-refractivity contribution < 1.29 is 13.2 Å². The highest BCUT2D eigenvalue weighted by Gasteiger charge is 2.01. The molecule has 1 aromatic rings. The highest BCUT2D eigenvalue weighted by atomic mass is 32.8. The first-order chi connectivity index (χ1) is 5.47. The van der Waals surface area contributed by atoms with Crippen molar-refractivity contribution in [3.8, 4) is 0 Å². The predicted octanol–water partition coefficient (Wildman–Crippen LogP) is 1.55. The number of hydrogen-bond donors (Lipinski definition) is 1. The first kappa shape index (κ1) is 9.57. The minimum absolute atomic E-state index is 0.109. The van der Waals surface area contributed by atoms with E-state index in [4.69, 9.17) is 4.55 Å². The van der Waals surface area contributed by atoms with Crippen molar-refractivity contribution in [3.63, 3.8) is 0 Å². The summed E-state index contributed by atoms with van der Waals surface area (Å²) < 4.78 is 31.9. The first-order valence-corrected chi connectivity index (χ1v) is 5.78. The molecule has 0 bridgehead atoms. The lowest BCUT2D eigenvalue weighted by Gasteiger charge is -1.98. The van der Waals surface area contributed by atoms with E-state index in [1.807, 2.05) is 0 Å². The minimum Gasteiger partial charge on any atom is -0.305 e. The molecule has 0 saturated carbocycles. The van der Waals surface area contributed by atoms with E-state index in [9.17, 15) is 8.60 Å². The quantitative estimate of drug-likeness (QED) is 0.797. The zero-order chi connectivity index (χ0) is 9.19. The number of benzene rings is 1. The standard InChI is InChI=1S/C7H7FO2S2/c8-7-3-1-6(2-4-7)5-12(9,10)11/h1-4H,5H2,(H,9,10,11). The van der Waals surface area contributed by atoms with Crippen molar-refractivity contribution in [1.29, 1.82) is 0 Å². The lowest BCUT2D eigenvalue weighted by Crippen LogP contribution is -1.99. The summed E-state index contributed by atoms with van der Waals surface area (Å²) in [5.41, 5.74) is 0.568. The molecule has 66 valence electrons. The van der Waals surface area contributed by atoms with Gasteiger partial charge in [0.2, 0.25) is 0 Å². The Morgan fingerprint density at radius 1 is 1.42 bits per heavy atom. The molecule has 0 fully saturated rings. The molecular weight excluding hydrogens is 199 g/mol. The van der Waals surface area contributed by atoms with E-state index < -0.39 is 8.77 Å². The monoisotopic (exact) mass is 206 g/mol. The molecule has 1 N–H and O–H groups in total. The second-order valence-electron chi connectivity index (χ2n) is 2.35. The molecule has 0 radical (unpaired) electrons. The molecule has 0 amide bonds. The predicted molar refractivity (Wildman–Crippen MR) is 48.2 cm³/mol. The van der Waals surface area contributed by atoms with Crippen LogP contribution in [0, 0.1) is 5.82 Å². The molecule has 0 aliphatic heterocycles. The SMILES string of the molecule is O=S(O)(=S)Cc1ccc(F)cc1. The molecule has 0 aliphatic rings. The van der Waals surface area contributed by atoms with Gasteiger partial charge in [0.25, 0.3) is 0 Å². The Morgan fingerprint density at radius 3 is 2.33 bits per heavy atom. The molecule has 0 saturated heterocycles. The average Bonchev–Trinajstić information content (AvgIpc) is 1.91. The highest BCUT2D eigenvalue weighted by molar-refractivity contribution is 8.29. The van der Waals surface area contributed by atoms with Crippen molar-refractivity contribution in [2.45, 2.75) is 5.75 Å². The fourth-order valence-electron chi connectivity index (χ4n) is 0.791. The van der Waals surface area contributed by atoms with Gasteiger partial charge in [0.05, 0.1) is 5.75 Å². The Balaban J connectivity index is 2.85. The molecule has 1 aromatic carbocycles. The van der Waals surface area contributed by atoms with Gasteiger partial charge in [-0.3, -0.25) is 0 Å². The van der Waals surface area contributed by atoms with Crippen LogP contribution in [-0.4, -0.2) is 8.76 Å². The van der Waals surface area contributed by atoms with Crippen molar-refractivity contribution in [3.05, 3.63) is 35.6 Å². The molecule has 2 nitrogen and oxygen atoms in total. The van der Waals surface area contributed by atoms with E-state index in [0.29, 0.717) is 5.56 Å². The fraction of sp³-hybridized carbons (Fsp3) is 0.143. The van der Waals surface area contributed by atoms with Gasteiger partial charge in [-0.2, -0.15) is 0 Å². The lowest BCUT2D eigenvalue weighted by molar-refractivity contribution is 0.560. The zero-order valence-electron chi connectivity index (χ0n) is 6.07. The third-order valence-corrected chi connectivity index (χ3v) is 2.31. The molecule has 1 atom stereocenters. The number of halogens is 1. The molecule has 5 heteroatoms. The molecule has 1 rings (SSSR count). The Hall–Kier alpha value is -0.520. The summed E-state index contributed by atoms with van der Waals surface area (Å²) in [5.74, 6) is -0.477. The third-order valence-electron chi connectivity index (χ3n) is 1.26. The maximum Gasteiger partial charge on any atom is 0.145 e. The third kappa shape index (κ3) is 3.25. The van der Waals surface area contributed by atoms with Gasteiger partial charge in [-0.05, 0) is 17.7 Å². The summed E-state index contributed by atoms with van der Waals surface area (Å²) in [4.78, 5) is 0. The van der Waals surface area contributed by atoms with Crippen molar-refractivity contribution in [2.75, 3.05) is 0 Å². The second-order valence-corrected chi connectivity index (χ2v) is 5.37. The maximum atomic E-state index is 12.4. The van der Waals surface area contributed by atoms with Gasteiger partial charge >= 0.3 is 0 Å². The largest absolute Gasteiger partial charge is 0.305 e. The smallest absolute Gasteiger partial charge is 0.145 e. The number of rotatable bonds is 2. The van der Waals surface area contributed by atoms with Crippen molar-refractivity contribution in [1.82, 2.24) is 0 Å². The van der Waals surface area contributed by atoms with Gasteiger partial charge in [-0.1, -0.05) is 12.1 Å². The van der Waals surface area contributed by atoms with Gasteiger partial charge in [-0.25, -0.2) is 8.60 Å². The second kappa shape index (κ2) is 3.47. The van der Waals surface area contributed by atoms with Crippen LogP contribution in [0.3, 0.4) is 0 Å². The van der Waals surface area contributed by atoms with Crippen LogP contribution in [-0.2, 0) is 25.7 Å². The summed E-state index contributed by atoms with van der Waals surface area (Å²) >= 11 is 4.29. The summed E-state index contributed by atoms with van der Waals surface area (Å²) in [6, 6.07) is 5.35. The Kier molecular flexibility index (Phi) is 2.76. The van der Waals surface area contributed by atoms with Crippen LogP contribution in [0.2, 0.25) is 0 Å². The average molecular weight is 206 g/mol. The van der Waals surface area contributed by atoms with Crippen LogP contribution < -0.4 is 0 Å². The van der Waals surface area contributed by atoms with Gasteiger partial charge in [-0.15, -0.1) is 0 Å². The van der Waals surface area contributed by atoms with Crippen LogP contribution in [0.5, 0.6) is 0 Å². The van der Waals surface area contributed by atoms with Gasteiger partial charge in [0.15, 0.2) is 0 Å². The Bertz CT molecular complexity index is 355. The minimum atomic E-state index is -3.18. The van der Waals surface area contributed by atoms with Gasteiger partial charge in [0, 0.05) is 11.2 Å². The first-order valence-electron chi connectivity index (χ1n) is 3.17. The Morgan fingerprint density at radius 2 is 1.92 bits per heavy atom. The van der Waals surface area contributed by atoms with Gasteiger partial charge < -0.3 is 4.55 Å². The summed E-state index contributed by atoms with van der Waals surface area (Å²) in [6.07, 6.45) is 0. The van der Waals surface area contributed by atoms with Crippen LogP contribution >= 0.6 is 0 Å². The van der Waals surface area contributed by atoms with Crippen LogP contribution in [0.4, 0.5) is 4.39 Å². The van der Waals surface area contributed by atoms with E-state index in [-0.39, 0.29) is 11.6 Å². The van der Waals surface area contributed by atoms with Crippen LogP contribution in [0.15, 0.2) is 24.3 Å². The van der Waals surface area contributed by atoms with Crippen molar-refractivity contribution in [2.24, 2.45) is 0 Å². The van der Waals surface area contributed by atoms with Crippen LogP contribution in [0.25, 0.3) is 0 Å². The highest BCUT2D eigenvalue weighted by Crippen LogP contribution is 2.06. The Labute approximate surface area is 74.9 Å². The topological polar surface area (TPSA) is 37.3 Å². The molecule has 0 aliphatic carbocycles. The van der Waals surface area contributed by atoms with Crippen molar-refractivity contribution >= 4 is 20.0 Å². The molecule has 1 unspecified atom stereocenters. The number of hydrogen-bond acceptors (Lipinski definition) is 2. The normalized spacial score (nSPS) is 15.5. The molecule has 0 aromatic heterocycles. The van der Waals surface area contributed by atoms with Gasteiger partial charge in [0.1, 0.15) is 14.6 Å². The molecular formula is C7H7FO2S2. The van der Waals surface area contributed by atoms with E-state index in [2.05, 4.69) is 11.2 Å². The van der Waals surface area contributed by atoms with E-state index in [0.717, 1.165) is 0 Å². The maximum absolute atomic E-state index is 12.4. The molecule has 12 heavy (non-hydrogen) atoms. The molecule has 0 heterocycles. The summed E-state index contributed by atoms with van der Waals surface area (Å²) in [5, 5.41) is 0. The fourth-order valence-corrected chi connectivity index (χ4v) is 1.81. The van der Waals surface area contributed by atoms with Crippen LogP contribution in [0.1, 0.15) is 5.56 Å². The van der Waals surface area contributed by atoms with E-state index in [1.165, 1.54) is 24.3 Å². The zero-order valence-corrected chi connectivity index (χ0v) is 7.70. The van der Waals surface area contributed by atoms with E-state index in [1.54, 1.807) is 0 Å². The van der Waals surface area contributed by atoms with E-state index >= 15 is 0 Å².